The minimum atomic E-state index is 0.777. The van der Waals surface area contributed by atoms with Crippen molar-refractivity contribution >= 4 is 22.3 Å². The highest BCUT2D eigenvalue weighted by molar-refractivity contribution is 6.18. The van der Waals surface area contributed by atoms with E-state index in [1.54, 1.807) is 0 Å². The molecule has 0 N–H and O–H groups in total. The second kappa shape index (κ2) is 20.0. The first-order valence-corrected chi connectivity index (χ1v) is 21.3. The van der Waals surface area contributed by atoms with Crippen molar-refractivity contribution in [2.24, 2.45) is 0 Å². The molecule has 8 aromatic rings. The number of rotatable bonds is 4. The lowest BCUT2D eigenvalue weighted by Crippen LogP contribution is -2.09. The Bertz CT molecular complexity index is 2830. The standard InChI is InChI=1S/C64H40/c1-9-25-49(26-10-1)41-45-57-58(46-42-50-27-11-2-12-28-50)62(54-35-19-6-20-36-54)64(56-39-23-8-24-40-56)60(48-44-52-31-15-4-16-32-52)59(47-43-51-29-13-3-14-30-51)63(55-37-21-7-22-38-55)61(57)53-33-17-5-18-34-53/h1-40H. The second-order valence-corrected chi connectivity index (χ2v) is 14.9. The maximum absolute atomic E-state index is 3.81. The first-order valence-electron chi connectivity index (χ1n) is 21.3. The molecule has 0 saturated heterocycles. The van der Waals surface area contributed by atoms with E-state index in [2.05, 4.69) is 169 Å². The average Bonchev–Trinajstić information content (AvgIpc) is 3.37. The fraction of sp³-hybridized carbons (Fsp3) is 0. The van der Waals surface area contributed by atoms with E-state index in [-0.39, 0.29) is 0 Å². The summed E-state index contributed by atoms with van der Waals surface area (Å²) in [5, 5.41) is 0. The highest BCUT2D eigenvalue weighted by atomic mass is 14.3. The highest BCUT2D eigenvalue weighted by Gasteiger charge is 2.30. The molecule has 0 bridgehead atoms. The Hall–Kier alpha value is -9.04. The number of benzene rings is 8. The van der Waals surface area contributed by atoms with Crippen LogP contribution in [0, 0.1) is 47.4 Å². The average molecular weight is 809 g/mol. The third kappa shape index (κ3) is 9.46. The largest absolute Gasteiger partial charge is 0.0622 e. The maximum atomic E-state index is 3.81. The van der Waals surface area contributed by atoms with Gasteiger partial charge in [0.05, 0.1) is 0 Å². The van der Waals surface area contributed by atoms with Crippen LogP contribution in [-0.4, -0.2) is 0 Å². The summed E-state index contributed by atoms with van der Waals surface area (Å²) in [6.45, 7) is 0. The van der Waals surface area contributed by atoms with E-state index in [0.717, 1.165) is 89.1 Å². The topological polar surface area (TPSA) is 0 Å². The van der Waals surface area contributed by atoms with Gasteiger partial charge < -0.3 is 0 Å². The van der Waals surface area contributed by atoms with E-state index in [1.165, 1.54) is 0 Å². The van der Waals surface area contributed by atoms with Crippen molar-refractivity contribution in [3.05, 3.63) is 309 Å². The maximum Gasteiger partial charge on any atom is 0.0497 e. The SMILES string of the molecule is C(#Cc1ccccc1)C1=C(C#Cc2ccccc2)C(c2ccccc2)=C(c2ccccc2)C(C#Cc2ccccc2)=C(C#Cc2ccccc2)C(c2ccccc2)=C1c1ccccc1. The molecule has 1 aliphatic rings. The van der Waals surface area contributed by atoms with Crippen LogP contribution in [0.2, 0.25) is 0 Å². The number of hydrogen-bond donors (Lipinski definition) is 0. The van der Waals surface area contributed by atoms with Crippen molar-refractivity contribution in [1.82, 2.24) is 0 Å². The molecule has 1 aliphatic carbocycles. The Morgan fingerprint density at radius 1 is 0.156 bits per heavy atom. The van der Waals surface area contributed by atoms with Crippen molar-refractivity contribution in [2.75, 3.05) is 0 Å². The Balaban J connectivity index is 1.59. The van der Waals surface area contributed by atoms with Crippen molar-refractivity contribution in [3.8, 4) is 47.4 Å². The van der Waals surface area contributed by atoms with Gasteiger partial charge in [-0.2, -0.15) is 0 Å². The molecule has 0 spiro atoms. The molecule has 0 atom stereocenters. The quantitative estimate of drug-likeness (QED) is 0.155. The van der Waals surface area contributed by atoms with Gasteiger partial charge in [-0.3, -0.25) is 0 Å². The molecule has 0 heteroatoms. The lowest BCUT2D eigenvalue weighted by molar-refractivity contribution is 1.47. The summed E-state index contributed by atoms with van der Waals surface area (Å²) < 4.78 is 0. The molecule has 8 aromatic carbocycles. The monoisotopic (exact) mass is 808 g/mol. The molecule has 0 amide bonds. The van der Waals surface area contributed by atoms with E-state index in [9.17, 15) is 0 Å². The van der Waals surface area contributed by atoms with Gasteiger partial charge in [0.2, 0.25) is 0 Å². The molecule has 0 saturated carbocycles. The second-order valence-electron chi connectivity index (χ2n) is 14.9. The predicted octanol–water partition coefficient (Wildman–Crippen LogP) is 14.0. The van der Waals surface area contributed by atoms with Gasteiger partial charge in [0.25, 0.3) is 0 Å². The Kier molecular flexibility index (Phi) is 12.6. The van der Waals surface area contributed by atoms with E-state index in [1.807, 2.05) is 121 Å². The molecule has 64 heavy (non-hydrogen) atoms. The van der Waals surface area contributed by atoms with Gasteiger partial charge in [0, 0.05) is 66.8 Å². The molecule has 9 rings (SSSR count). The molecule has 0 unspecified atom stereocenters. The number of allylic oxidation sites excluding steroid dienone is 8. The lowest BCUT2D eigenvalue weighted by Gasteiger charge is -2.26. The molecular formula is C64H40. The van der Waals surface area contributed by atoms with Crippen LogP contribution in [0.3, 0.4) is 0 Å². The third-order valence-electron chi connectivity index (χ3n) is 10.7. The van der Waals surface area contributed by atoms with Crippen LogP contribution in [0.25, 0.3) is 22.3 Å². The molecule has 296 valence electrons. The summed E-state index contributed by atoms with van der Waals surface area (Å²) in [6.07, 6.45) is 0. The normalized spacial score (nSPS) is 12.2. The zero-order valence-corrected chi connectivity index (χ0v) is 35.1. The molecule has 0 aliphatic heterocycles. The highest BCUT2D eigenvalue weighted by Crippen LogP contribution is 2.48. The van der Waals surface area contributed by atoms with Crippen molar-refractivity contribution in [1.29, 1.82) is 0 Å². The summed E-state index contributed by atoms with van der Waals surface area (Å²) in [5.41, 5.74) is 14.2. The fourth-order valence-electron chi connectivity index (χ4n) is 7.70. The van der Waals surface area contributed by atoms with Gasteiger partial charge >= 0.3 is 0 Å². The molecule has 0 fully saturated rings. The predicted molar refractivity (Wildman–Crippen MR) is 267 cm³/mol. The lowest BCUT2D eigenvalue weighted by atomic mass is 9.74. The molecule has 0 radical (unpaired) electrons. The number of hydrogen-bond acceptors (Lipinski definition) is 0. The van der Waals surface area contributed by atoms with Crippen molar-refractivity contribution in [2.45, 2.75) is 0 Å². The Morgan fingerprint density at radius 3 is 0.484 bits per heavy atom. The van der Waals surface area contributed by atoms with E-state index in [0.29, 0.717) is 0 Å². The Morgan fingerprint density at radius 2 is 0.312 bits per heavy atom. The zero-order valence-electron chi connectivity index (χ0n) is 35.1. The van der Waals surface area contributed by atoms with E-state index < -0.39 is 0 Å². The first-order chi connectivity index (χ1) is 31.8. The van der Waals surface area contributed by atoms with Gasteiger partial charge in [-0.25, -0.2) is 0 Å². The van der Waals surface area contributed by atoms with Crippen LogP contribution < -0.4 is 0 Å². The van der Waals surface area contributed by atoms with Gasteiger partial charge in [0.15, 0.2) is 0 Å². The zero-order chi connectivity index (χ0) is 43.2. The molecule has 0 heterocycles. The van der Waals surface area contributed by atoms with Crippen LogP contribution >= 0.6 is 0 Å². The van der Waals surface area contributed by atoms with Gasteiger partial charge in [0.1, 0.15) is 0 Å². The van der Waals surface area contributed by atoms with Crippen molar-refractivity contribution < 1.29 is 0 Å². The van der Waals surface area contributed by atoms with Gasteiger partial charge in [-0.1, -0.05) is 241 Å². The van der Waals surface area contributed by atoms with E-state index in [4.69, 9.17) is 0 Å². The van der Waals surface area contributed by atoms with Gasteiger partial charge in [-0.05, 0) is 70.8 Å². The van der Waals surface area contributed by atoms with Crippen LogP contribution in [-0.2, 0) is 0 Å². The Labute approximate surface area is 377 Å². The summed E-state index contributed by atoms with van der Waals surface area (Å²) >= 11 is 0. The summed E-state index contributed by atoms with van der Waals surface area (Å²) in [7, 11) is 0. The van der Waals surface area contributed by atoms with Crippen LogP contribution in [0.4, 0.5) is 0 Å². The first kappa shape index (κ1) is 40.4. The summed E-state index contributed by atoms with van der Waals surface area (Å²) in [6, 6.07) is 82.8. The summed E-state index contributed by atoms with van der Waals surface area (Å²) in [4.78, 5) is 0. The van der Waals surface area contributed by atoms with Crippen LogP contribution in [0.5, 0.6) is 0 Å². The molecule has 0 nitrogen and oxygen atoms in total. The smallest absolute Gasteiger partial charge is 0.0497 e. The van der Waals surface area contributed by atoms with Crippen LogP contribution in [0.1, 0.15) is 44.5 Å². The fourth-order valence-corrected chi connectivity index (χ4v) is 7.70. The minimum Gasteiger partial charge on any atom is -0.0622 e. The molecular weight excluding hydrogens is 769 g/mol. The van der Waals surface area contributed by atoms with Crippen molar-refractivity contribution in [3.63, 3.8) is 0 Å². The minimum absolute atomic E-state index is 0.777. The molecule has 0 aromatic heterocycles. The third-order valence-corrected chi connectivity index (χ3v) is 10.7. The summed E-state index contributed by atoms with van der Waals surface area (Å²) in [5.74, 6) is 29.7. The van der Waals surface area contributed by atoms with Crippen LogP contribution in [0.15, 0.2) is 265 Å². The van der Waals surface area contributed by atoms with E-state index >= 15 is 0 Å². The van der Waals surface area contributed by atoms with Gasteiger partial charge in [-0.15, -0.1) is 0 Å².